The van der Waals surface area contributed by atoms with Crippen LogP contribution in [0.5, 0.6) is 0 Å². The van der Waals surface area contributed by atoms with Gasteiger partial charge in [0.15, 0.2) is 0 Å². The number of anilines is 1. The van der Waals surface area contributed by atoms with E-state index in [1.54, 1.807) is 6.20 Å². The Kier molecular flexibility index (Phi) is 3.69. The van der Waals surface area contributed by atoms with E-state index in [4.69, 9.17) is 0 Å². The number of pyridine rings is 1. The van der Waals surface area contributed by atoms with Gasteiger partial charge in [-0.1, -0.05) is 18.2 Å². The number of nitrogens with one attached hydrogen (secondary N) is 1. The largest absolute Gasteiger partial charge is 0.378 e. The normalized spacial score (nSPS) is 10.6. The van der Waals surface area contributed by atoms with Crippen LogP contribution in [0.4, 0.5) is 5.69 Å². The first-order chi connectivity index (χ1) is 10.3. The van der Waals surface area contributed by atoms with Crippen molar-refractivity contribution in [2.24, 2.45) is 0 Å². The number of hydrogen-bond acceptors (Lipinski definition) is 3. The average Bonchev–Trinajstić information content (AvgIpc) is 2.88. The van der Waals surface area contributed by atoms with Crippen LogP contribution in [-0.2, 0) is 6.54 Å². The first kappa shape index (κ1) is 13.4. The lowest BCUT2D eigenvalue weighted by Crippen LogP contribution is -2.08. The standard InChI is InChI=1S/C17H18N4/c1-13-8-9-18-12-17(13)20-11-16-10-19-14(2)21(16)15-6-4-3-5-7-15/h3-10,12,20H,11H2,1-2H3. The van der Waals surface area contributed by atoms with Crippen LogP contribution >= 0.6 is 0 Å². The second-order valence-electron chi connectivity index (χ2n) is 5.01. The van der Waals surface area contributed by atoms with Gasteiger partial charge in [0.2, 0.25) is 0 Å². The summed E-state index contributed by atoms with van der Waals surface area (Å²) in [6.07, 6.45) is 5.57. The summed E-state index contributed by atoms with van der Waals surface area (Å²) in [4.78, 5) is 8.59. The van der Waals surface area contributed by atoms with E-state index in [1.165, 1.54) is 5.56 Å². The molecule has 0 aliphatic carbocycles. The number of hydrogen-bond donors (Lipinski definition) is 1. The molecular formula is C17H18N4. The topological polar surface area (TPSA) is 42.7 Å². The number of benzene rings is 1. The van der Waals surface area contributed by atoms with Gasteiger partial charge in [-0.05, 0) is 37.6 Å². The summed E-state index contributed by atoms with van der Waals surface area (Å²) in [6.45, 7) is 4.80. The summed E-state index contributed by atoms with van der Waals surface area (Å²) in [5, 5.41) is 3.43. The highest BCUT2D eigenvalue weighted by Gasteiger charge is 2.08. The van der Waals surface area contributed by atoms with Crippen molar-refractivity contribution in [3.8, 4) is 5.69 Å². The van der Waals surface area contributed by atoms with E-state index in [-0.39, 0.29) is 0 Å². The van der Waals surface area contributed by atoms with Gasteiger partial charge in [-0.15, -0.1) is 0 Å². The summed E-state index contributed by atoms with van der Waals surface area (Å²) in [6, 6.07) is 12.3. The molecule has 21 heavy (non-hydrogen) atoms. The maximum absolute atomic E-state index is 4.44. The van der Waals surface area contributed by atoms with Crippen LogP contribution in [-0.4, -0.2) is 14.5 Å². The fourth-order valence-electron chi connectivity index (χ4n) is 2.38. The van der Waals surface area contributed by atoms with Crippen molar-refractivity contribution in [2.75, 3.05) is 5.32 Å². The maximum atomic E-state index is 4.44. The third kappa shape index (κ3) is 2.79. The lowest BCUT2D eigenvalue weighted by Gasteiger charge is -2.12. The molecule has 0 aliphatic heterocycles. The molecule has 0 amide bonds. The zero-order chi connectivity index (χ0) is 14.7. The van der Waals surface area contributed by atoms with Crippen LogP contribution in [0.25, 0.3) is 5.69 Å². The number of para-hydroxylation sites is 1. The molecule has 2 aromatic heterocycles. The molecule has 1 N–H and O–H groups in total. The highest BCUT2D eigenvalue weighted by atomic mass is 15.1. The first-order valence-corrected chi connectivity index (χ1v) is 6.99. The molecule has 4 heteroatoms. The monoisotopic (exact) mass is 278 g/mol. The Hall–Kier alpha value is -2.62. The minimum Gasteiger partial charge on any atom is -0.378 e. The van der Waals surface area contributed by atoms with E-state index in [0.717, 1.165) is 22.9 Å². The molecule has 0 fully saturated rings. The molecule has 0 spiro atoms. The fourth-order valence-corrected chi connectivity index (χ4v) is 2.38. The van der Waals surface area contributed by atoms with Gasteiger partial charge >= 0.3 is 0 Å². The third-order valence-corrected chi connectivity index (χ3v) is 3.52. The van der Waals surface area contributed by atoms with Crippen LogP contribution in [0.2, 0.25) is 0 Å². The van der Waals surface area contributed by atoms with E-state index in [0.29, 0.717) is 6.54 Å². The zero-order valence-corrected chi connectivity index (χ0v) is 12.2. The van der Waals surface area contributed by atoms with Gasteiger partial charge in [0.1, 0.15) is 5.82 Å². The Morgan fingerprint density at radius 1 is 1.05 bits per heavy atom. The van der Waals surface area contributed by atoms with Crippen molar-refractivity contribution in [1.82, 2.24) is 14.5 Å². The second kappa shape index (κ2) is 5.79. The van der Waals surface area contributed by atoms with Gasteiger partial charge in [0.25, 0.3) is 0 Å². The minimum absolute atomic E-state index is 0.711. The van der Waals surface area contributed by atoms with Crippen molar-refractivity contribution < 1.29 is 0 Å². The molecule has 3 aromatic rings. The maximum Gasteiger partial charge on any atom is 0.110 e. The molecule has 0 saturated carbocycles. The Morgan fingerprint density at radius 2 is 1.86 bits per heavy atom. The molecule has 4 nitrogen and oxygen atoms in total. The van der Waals surface area contributed by atoms with E-state index < -0.39 is 0 Å². The Morgan fingerprint density at radius 3 is 2.62 bits per heavy atom. The summed E-state index contributed by atoms with van der Waals surface area (Å²) in [5.41, 5.74) is 4.50. The molecule has 106 valence electrons. The second-order valence-corrected chi connectivity index (χ2v) is 5.01. The van der Waals surface area contributed by atoms with Crippen molar-refractivity contribution in [2.45, 2.75) is 20.4 Å². The third-order valence-electron chi connectivity index (χ3n) is 3.52. The van der Waals surface area contributed by atoms with Gasteiger partial charge < -0.3 is 5.32 Å². The van der Waals surface area contributed by atoms with Gasteiger partial charge in [0.05, 0.1) is 30.3 Å². The molecule has 1 aromatic carbocycles. The van der Waals surface area contributed by atoms with Crippen LogP contribution in [0, 0.1) is 13.8 Å². The molecule has 0 bridgehead atoms. The zero-order valence-electron chi connectivity index (χ0n) is 12.2. The summed E-state index contributed by atoms with van der Waals surface area (Å²) < 4.78 is 2.17. The smallest absolute Gasteiger partial charge is 0.110 e. The quantitative estimate of drug-likeness (QED) is 0.794. The molecule has 0 aliphatic rings. The summed E-state index contributed by atoms with van der Waals surface area (Å²) in [5.74, 6) is 0.987. The number of imidazole rings is 1. The predicted molar refractivity (Wildman–Crippen MR) is 84.6 cm³/mol. The van der Waals surface area contributed by atoms with E-state index in [1.807, 2.05) is 43.6 Å². The molecule has 0 unspecified atom stereocenters. The SMILES string of the molecule is Cc1ccncc1NCc1cnc(C)n1-c1ccccc1. The number of rotatable bonds is 4. The molecule has 0 saturated heterocycles. The number of aryl methyl sites for hydroxylation is 2. The number of nitrogens with zero attached hydrogens (tertiary/aromatic N) is 3. The van der Waals surface area contributed by atoms with Gasteiger partial charge in [-0.25, -0.2) is 4.98 Å². The van der Waals surface area contributed by atoms with Crippen LogP contribution < -0.4 is 5.32 Å². The highest BCUT2D eigenvalue weighted by molar-refractivity contribution is 5.48. The van der Waals surface area contributed by atoms with E-state index >= 15 is 0 Å². The minimum atomic E-state index is 0.711. The van der Waals surface area contributed by atoms with Crippen LogP contribution in [0.15, 0.2) is 55.0 Å². The Labute approximate surface area is 124 Å². The van der Waals surface area contributed by atoms with Crippen LogP contribution in [0.1, 0.15) is 17.1 Å². The van der Waals surface area contributed by atoms with Crippen molar-refractivity contribution >= 4 is 5.69 Å². The molecule has 2 heterocycles. The fraction of sp³-hybridized carbons (Fsp3) is 0.176. The summed E-state index contributed by atoms with van der Waals surface area (Å²) in [7, 11) is 0. The van der Waals surface area contributed by atoms with Gasteiger partial charge in [0, 0.05) is 11.9 Å². The number of aromatic nitrogens is 3. The lowest BCUT2D eigenvalue weighted by atomic mass is 10.2. The molecule has 0 radical (unpaired) electrons. The van der Waals surface area contributed by atoms with E-state index in [2.05, 4.69) is 38.9 Å². The Bertz CT molecular complexity index is 732. The van der Waals surface area contributed by atoms with E-state index in [9.17, 15) is 0 Å². The molecule has 3 rings (SSSR count). The van der Waals surface area contributed by atoms with Crippen molar-refractivity contribution in [3.05, 3.63) is 72.1 Å². The first-order valence-electron chi connectivity index (χ1n) is 6.99. The van der Waals surface area contributed by atoms with Crippen molar-refractivity contribution in [3.63, 3.8) is 0 Å². The lowest BCUT2D eigenvalue weighted by molar-refractivity contribution is 0.899. The van der Waals surface area contributed by atoms with Crippen molar-refractivity contribution in [1.29, 1.82) is 0 Å². The summed E-state index contributed by atoms with van der Waals surface area (Å²) >= 11 is 0. The Balaban J connectivity index is 1.86. The average molecular weight is 278 g/mol. The highest BCUT2D eigenvalue weighted by Crippen LogP contribution is 2.17. The van der Waals surface area contributed by atoms with Crippen LogP contribution in [0.3, 0.4) is 0 Å². The van der Waals surface area contributed by atoms with Gasteiger partial charge in [-0.3, -0.25) is 9.55 Å². The molecular weight excluding hydrogens is 260 g/mol. The molecule has 0 atom stereocenters. The predicted octanol–water partition coefficient (Wildman–Crippen LogP) is 3.50. The van der Waals surface area contributed by atoms with Gasteiger partial charge in [-0.2, -0.15) is 0 Å².